The molecule has 0 aromatic heterocycles. The summed E-state index contributed by atoms with van der Waals surface area (Å²) in [6.07, 6.45) is -0.204. The molecule has 2 atom stereocenters. The smallest absolute Gasteiger partial charge is 0.410 e. The molecule has 7 nitrogen and oxygen atoms in total. The molecule has 0 radical (unpaired) electrons. The van der Waals surface area contributed by atoms with Gasteiger partial charge in [-0.1, -0.05) is 60.7 Å². The van der Waals surface area contributed by atoms with Crippen LogP contribution in [0.15, 0.2) is 60.7 Å². The highest BCUT2D eigenvalue weighted by atomic mass is 16.6. The molecule has 1 unspecified atom stereocenters. The molecule has 0 fully saturated rings. The molecule has 0 aliphatic heterocycles. The number of Topliss-reactive ketones (excluding diaryl/α,β-unsaturated/α-hetero) is 1. The van der Waals surface area contributed by atoms with Crippen molar-refractivity contribution in [2.24, 2.45) is 11.8 Å². The van der Waals surface area contributed by atoms with Crippen molar-refractivity contribution in [3.8, 4) is 0 Å². The Morgan fingerprint density at radius 1 is 0.912 bits per heavy atom. The molecule has 0 saturated heterocycles. The fourth-order valence-corrected chi connectivity index (χ4v) is 3.50. The fourth-order valence-electron chi connectivity index (χ4n) is 3.50. The lowest BCUT2D eigenvalue weighted by Crippen LogP contribution is -2.43. The number of benzene rings is 2. The zero-order valence-corrected chi connectivity index (χ0v) is 20.2. The molecular weight excluding hydrogens is 434 g/mol. The lowest BCUT2D eigenvalue weighted by molar-refractivity contribution is -0.164. The third-order valence-corrected chi connectivity index (χ3v) is 5.16. The van der Waals surface area contributed by atoms with Gasteiger partial charge in [0.05, 0.1) is 5.92 Å². The van der Waals surface area contributed by atoms with E-state index in [0.29, 0.717) is 6.29 Å². The van der Waals surface area contributed by atoms with Crippen molar-refractivity contribution in [3.05, 3.63) is 71.8 Å². The number of hydrogen-bond acceptors (Lipinski definition) is 6. The summed E-state index contributed by atoms with van der Waals surface area (Å²) in [5.74, 6) is -2.88. The molecule has 0 heterocycles. The summed E-state index contributed by atoms with van der Waals surface area (Å²) in [5.41, 5.74) is 0.884. The van der Waals surface area contributed by atoms with E-state index in [1.165, 1.54) is 11.8 Å². The first-order valence-electron chi connectivity index (χ1n) is 11.3. The van der Waals surface area contributed by atoms with Gasteiger partial charge in [0.2, 0.25) is 0 Å². The minimum absolute atomic E-state index is 0.0690. The van der Waals surface area contributed by atoms with Crippen LogP contribution in [-0.2, 0) is 37.0 Å². The lowest BCUT2D eigenvalue weighted by atomic mass is 9.86. The summed E-state index contributed by atoms with van der Waals surface area (Å²) in [5, 5.41) is 0. The lowest BCUT2D eigenvalue weighted by Gasteiger charge is -2.31. The average molecular weight is 468 g/mol. The van der Waals surface area contributed by atoms with Crippen LogP contribution in [0.25, 0.3) is 0 Å². The standard InChI is InChI=1S/C27H33NO6/c1-20(30)24(23(15-16-29)25(31)34-27(2,3)4)18-28(17-21-11-7-5-8-12-21)26(32)33-19-22-13-9-6-10-14-22/h5-14,16,23-24H,15,17-19H2,1-4H3/t23-,24?/m0/s1. The van der Waals surface area contributed by atoms with Gasteiger partial charge in [0, 0.05) is 25.4 Å². The van der Waals surface area contributed by atoms with E-state index in [0.717, 1.165) is 11.1 Å². The number of hydrogen-bond donors (Lipinski definition) is 0. The Morgan fingerprint density at radius 3 is 1.97 bits per heavy atom. The largest absolute Gasteiger partial charge is 0.460 e. The average Bonchev–Trinajstić information content (AvgIpc) is 2.79. The summed E-state index contributed by atoms with van der Waals surface area (Å²) in [6.45, 7) is 6.66. The van der Waals surface area contributed by atoms with Crippen molar-refractivity contribution in [2.45, 2.75) is 52.9 Å². The number of carbonyl (C=O) groups is 4. The molecular formula is C27H33NO6. The summed E-state index contributed by atoms with van der Waals surface area (Å²) in [6, 6.07) is 18.5. The number of esters is 1. The third kappa shape index (κ3) is 8.81. The van der Waals surface area contributed by atoms with Crippen LogP contribution in [0.4, 0.5) is 4.79 Å². The van der Waals surface area contributed by atoms with E-state index in [1.807, 2.05) is 60.7 Å². The van der Waals surface area contributed by atoms with Crippen LogP contribution in [-0.4, -0.2) is 41.2 Å². The zero-order chi connectivity index (χ0) is 25.1. The number of amides is 1. The first-order chi connectivity index (χ1) is 16.1. The minimum Gasteiger partial charge on any atom is -0.460 e. The normalized spacial score (nSPS) is 12.8. The molecule has 2 rings (SSSR count). The van der Waals surface area contributed by atoms with Crippen molar-refractivity contribution in [3.63, 3.8) is 0 Å². The van der Waals surface area contributed by atoms with Crippen LogP contribution >= 0.6 is 0 Å². The Kier molecular flexibility index (Phi) is 9.98. The fraction of sp³-hybridized carbons (Fsp3) is 0.407. The maximum atomic E-state index is 13.1. The van der Waals surface area contributed by atoms with E-state index in [-0.39, 0.29) is 31.9 Å². The predicted octanol–water partition coefficient (Wildman–Crippen LogP) is 4.58. The van der Waals surface area contributed by atoms with Gasteiger partial charge in [-0.3, -0.25) is 9.59 Å². The van der Waals surface area contributed by atoms with Crippen molar-refractivity contribution < 1.29 is 28.7 Å². The Labute approximate surface area is 201 Å². The molecule has 0 saturated carbocycles. The van der Waals surface area contributed by atoms with Crippen LogP contribution in [0.3, 0.4) is 0 Å². The van der Waals surface area contributed by atoms with Crippen molar-refractivity contribution in [2.75, 3.05) is 6.54 Å². The second-order valence-corrected chi connectivity index (χ2v) is 9.17. The minimum atomic E-state index is -1.01. The maximum Gasteiger partial charge on any atom is 0.410 e. The van der Waals surface area contributed by atoms with Gasteiger partial charge in [-0.2, -0.15) is 0 Å². The van der Waals surface area contributed by atoms with E-state index < -0.39 is 29.5 Å². The quantitative estimate of drug-likeness (QED) is 0.355. The van der Waals surface area contributed by atoms with Gasteiger partial charge in [-0.25, -0.2) is 4.79 Å². The Morgan fingerprint density at radius 2 is 1.47 bits per heavy atom. The Balaban J connectivity index is 2.27. The summed E-state index contributed by atoms with van der Waals surface area (Å²) in [7, 11) is 0. The SMILES string of the molecule is CC(=O)C(CN(Cc1ccccc1)C(=O)OCc1ccccc1)[C@H](CC=O)C(=O)OC(C)(C)C. The third-order valence-electron chi connectivity index (χ3n) is 5.16. The second kappa shape index (κ2) is 12.7. The highest BCUT2D eigenvalue weighted by Crippen LogP contribution is 2.24. The molecule has 0 aliphatic carbocycles. The van der Waals surface area contributed by atoms with Gasteiger partial charge in [0.15, 0.2) is 0 Å². The van der Waals surface area contributed by atoms with Crippen LogP contribution in [0.2, 0.25) is 0 Å². The molecule has 34 heavy (non-hydrogen) atoms. The van der Waals surface area contributed by atoms with Gasteiger partial charge in [0.1, 0.15) is 24.3 Å². The van der Waals surface area contributed by atoms with Crippen molar-refractivity contribution in [1.82, 2.24) is 4.90 Å². The van der Waals surface area contributed by atoms with E-state index in [2.05, 4.69) is 0 Å². The Bertz CT molecular complexity index is 952. The molecule has 182 valence electrons. The number of nitrogens with zero attached hydrogens (tertiary/aromatic N) is 1. The maximum absolute atomic E-state index is 13.1. The van der Waals surface area contributed by atoms with Crippen molar-refractivity contribution in [1.29, 1.82) is 0 Å². The van der Waals surface area contributed by atoms with Gasteiger partial charge in [-0.05, 0) is 38.8 Å². The van der Waals surface area contributed by atoms with E-state index >= 15 is 0 Å². The first-order valence-corrected chi connectivity index (χ1v) is 11.3. The molecule has 0 aliphatic rings. The van der Waals surface area contributed by atoms with Crippen molar-refractivity contribution >= 4 is 24.1 Å². The highest BCUT2D eigenvalue weighted by Gasteiger charge is 2.37. The van der Waals surface area contributed by atoms with Gasteiger partial charge < -0.3 is 19.2 Å². The molecule has 0 N–H and O–H groups in total. The van der Waals surface area contributed by atoms with E-state index in [9.17, 15) is 19.2 Å². The zero-order valence-electron chi connectivity index (χ0n) is 20.2. The van der Waals surface area contributed by atoms with E-state index in [1.54, 1.807) is 20.8 Å². The van der Waals surface area contributed by atoms with Crippen LogP contribution < -0.4 is 0 Å². The number of ketones is 1. The molecule has 2 aromatic rings. The summed E-state index contributed by atoms with van der Waals surface area (Å²) in [4.78, 5) is 51.3. The molecule has 2 aromatic carbocycles. The van der Waals surface area contributed by atoms with Gasteiger partial charge in [-0.15, -0.1) is 0 Å². The topological polar surface area (TPSA) is 90.0 Å². The number of rotatable bonds is 11. The second-order valence-electron chi connectivity index (χ2n) is 9.17. The highest BCUT2D eigenvalue weighted by molar-refractivity contribution is 5.87. The number of aldehydes is 1. The number of carbonyl (C=O) groups excluding carboxylic acids is 4. The monoisotopic (exact) mass is 467 g/mol. The molecule has 1 amide bonds. The summed E-state index contributed by atoms with van der Waals surface area (Å²) >= 11 is 0. The van der Waals surface area contributed by atoms with Crippen LogP contribution in [0.5, 0.6) is 0 Å². The number of ether oxygens (including phenoxy) is 2. The first kappa shape index (κ1) is 26.8. The molecule has 0 bridgehead atoms. The van der Waals surface area contributed by atoms with Crippen LogP contribution in [0, 0.1) is 11.8 Å². The Hall–Kier alpha value is -3.48. The molecule has 0 spiro atoms. The van der Waals surface area contributed by atoms with Gasteiger partial charge >= 0.3 is 12.1 Å². The molecule has 7 heteroatoms. The summed E-state index contributed by atoms with van der Waals surface area (Å²) < 4.78 is 11.0. The van der Waals surface area contributed by atoms with E-state index in [4.69, 9.17) is 9.47 Å². The van der Waals surface area contributed by atoms with Crippen LogP contribution in [0.1, 0.15) is 45.2 Å². The predicted molar refractivity (Wildman–Crippen MR) is 128 cm³/mol. The van der Waals surface area contributed by atoms with Gasteiger partial charge in [0.25, 0.3) is 0 Å².